The summed E-state index contributed by atoms with van der Waals surface area (Å²) in [6, 6.07) is 9.69. The van der Waals surface area contributed by atoms with Crippen molar-refractivity contribution in [3.8, 4) is 0 Å². The average Bonchev–Trinajstić information content (AvgIpc) is 3.13. The van der Waals surface area contributed by atoms with Crippen molar-refractivity contribution in [2.45, 2.75) is 25.7 Å². The molecule has 2 aromatic rings. The fourth-order valence-electron chi connectivity index (χ4n) is 2.63. The zero-order valence-corrected chi connectivity index (χ0v) is 14.3. The first-order valence-electron chi connectivity index (χ1n) is 7.16. The normalized spacial score (nSPS) is 13.0. The van der Waals surface area contributed by atoms with Crippen LogP contribution in [-0.4, -0.2) is 18.4 Å². The molecule has 0 amide bonds. The van der Waals surface area contributed by atoms with E-state index in [0.717, 1.165) is 22.2 Å². The molecule has 22 heavy (non-hydrogen) atoms. The number of aryl methyl sites for hydroxylation is 2. The van der Waals surface area contributed by atoms with Gasteiger partial charge in [-0.15, -0.1) is 11.3 Å². The van der Waals surface area contributed by atoms with Gasteiger partial charge in [0, 0.05) is 0 Å². The Kier molecular flexibility index (Phi) is 4.74. The predicted molar refractivity (Wildman–Crippen MR) is 89.5 cm³/mol. The highest BCUT2D eigenvalue weighted by atomic mass is 79.9. The van der Waals surface area contributed by atoms with Crippen LogP contribution in [-0.2, 0) is 28.8 Å². The van der Waals surface area contributed by atoms with E-state index in [4.69, 9.17) is 4.74 Å². The Bertz CT molecular complexity index is 720. The molecule has 0 radical (unpaired) electrons. The number of ether oxygens (including phenoxy) is 1. The molecule has 114 valence electrons. The standard InChI is InChI=1S/C17H15BrO3S/c18-16-7-6-15(22-16)14(19)10-21-17(20)9-11-4-5-12-2-1-3-13(12)8-11/h4-8H,1-3,9-10H2. The number of Topliss-reactive ketones (excluding diaryl/α,β-unsaturated/α-hetero) is 1. The zero-order valence-electron chi connectivity index (χ0n) is 11.9. The largest absolute Gasteiger partial charge is 0.457 e. The number of carbonyl (C=O) groups is 2. The lowest BCUT2D eigenvalue weighted by atomic mass is 10.0. The van der Waals surface area contributed by atoms with Crippen LogP contribution in [0.5, 0.6) is 0 Å². The first-order chi connectivity index (χ1) is 10.6. The van der Waals surface area contributed by atoms with Crippen molar-refractivity contribution in [3.05, 3.63) is 55.7 Å². The van der Waals surface area contributed by atoms with Crippen molar-refractivity contribution in [3.63, 3.8) is 0 Å². The van der Waals surface area contributed by atoms with Gasteiger partial charge in [-0.1, -0.05) is 18.2 Å². The maximum absolute atomic E-state index is 11.9. The minimum absolute atomic E-state index is 0.169. The molecule has 1 aliphatic rings. The van der Waals surface area contributed by atoms with Crippen molar-refractivity contribution >= 4 is 39.0 Å². The van der Waals surface area contributed by atoms with E-state index in [1.54, 1.807) is 6.07 Å². The van der Waals surface area contributed by atoms with E-state index in [1.807, 2.05) is 12.1 Å². The van der Waals surface area contributed by atoms with Crippen molar-refractivity contribution in [2.75, 3.05) is 6.61 Å². The topological polar surface area (TPSA) is 43.4 Å². The summed E-state index contributed by atoms with van der Waals surface area (Å²) in [5.41, 5.74) is 3.68. The molecular formula is C17H15BrO3S. The van der Waals surface area contributed by atoms with Crippen molar-refractivity contribution in [1.82, 2.24) is 0 Å². The van der Waals surface area contributed by atoms with Gasteiger partial charge < -0.3 is 4.74 Å². The van der Waals surface area contributed by atoms with Gasteiger partial charge in [0.1, 0.15) is 0 Å². The highest BCUT2D eigenvalue weighted by Gasteiger charge is 2.15. The summed E-state index contributed by atoms with van der Waals surface area (Å²) in [5, 5.41) is 0. The first-order valence-corrected chi connectivity index (χ1v) is 8.77. The summed E-state index contributed by atoms with van der Waals surface area (Å²) in [7, 11) is 0. The number of esters is 1. The molecule has 1 aromatic heterocycles. The average molecular weight is 379 g/mol. The molecule has 3 rings (SSSR count). The smallest absolute Gasteiger partial charge is 0.310 e. The molecule has 0 N–H and O–H groups in total. The molecule has 0 spiro atoms. The van der Waals surface area contributed by atoms with Gasteiger partial charge in [0.2, 0.25) is 5.78 Å². The van der Waals surface area contributed by atoms with E-state index in [-0.39, 0.29) is 24.8 Å². The van der Waals surface area contributed by atoms with E-state index in [1.165, 1.54) is 28.9 Å². The monoisotopic (exact) mass is 378 g/mol. The molecule has 3 nitrogen and oxygen atoms in total. The number of halogens is 1. The second-order valence-electron chi connectivity index (χ2n) is 5.32. The van der Waals surface area contributed by atoms with E-state index in [9.17, 15) is 9.59 Å². The Morgan fingerprint density at radius 2 is 1.95 bits per heavy atom. The molecule has 0 atom stereocenters. The van der Waals surface area contributed by atoms with Gasteiger partial charge >= 0.3 is 5.97 Å². The number of ketones is 1. The molecule has 0 unspecified atom stereocenters. The summed E-state index contributed by atoms with van der Waals surface area (Å²) in [6.45, 7) is -0.198. The van der Waals surface area contributed by atoms with E-state index >= 15 is 0 Å². The van der Waals surface area contributed by atoms with Gasteiger partial charge in [-0.25, -0.2) is 0 Å². The molecule has 1 heterocycles. The number of hydrogen-bond acceptors (Lipinski definition) is 4. The molecule has 5 heteroatoms. The molecule has 0 saturated heterocycles. The van der Waals surface area contributed by atoms with Crippen molar-refractivity contribution in [1.29, 1.82) is 0 Å². The lowest BCUT2D eigenvalue weighted by Crippen LogP contribution is -2.15. The second-order valence-corrected chi connectivity index (χ2v) is 7.78. The van der Waals surface area contributed by atoms with Crippen molar-refractivity contribution in [2.24, 2.45) is 0 Å². The van der Waals surface area contributed by atoms with Crippen LogP contribution in [0.4, 0.5) is 0 Å². The summed E-state index contributed by atoms with van der Waals surface area (Å²) >= 11 is 4.65. The SMILES string of the molecule is O=C(Cc1ccc2c(c1)CCC2)OCC(=O)c1ccc(Br)s1. The number of carbonyl (C=O) groups excluding carboxylic acids is 2. The van der Waals surface area contributed by atoms with E-state index < -0.39 is 0 Å². The highest BCUT2D eigenvalue weighted by molar-refractivity contribution is 9.11. The Balaban J connectivity index is 1.53. The molecular weight excluding hydrogens is 364 g/mol. The molecule has 1 aliphatic carbocycles. The highest BCUT2D eigenvalue weighted by Crippen LogP contribution is 2.24. The van der Waals surface area contributed by atoms with Crippen LogP contribution in [0, 0.1) is 0 Å². The third kappa shape index (κ3) is 3.65. The van der Waals surface area contributed by atoms with Crippen LogP contribution in [0.25, 0.3) is 0 Å². The maximum atomic E-state index is 11.9. The summed E-state index contributed by atoms with van der Waals surface area (Å²) in [5.74, 6) is -0.528. The van der Waals surface area contributed by atoms with Gasteiger partial charge in [-0.05, 0) is 64.0 Å². The fourth-order valence-corrected chi connectivity index (χ4v) is 3.94. The van der Waals surface area contributed by atoms with Crippen molar-refractivity contribution < 1.29 is 14.3 Å². The predicted octanol–water partition coefficient (Wildman–Crippen LogP) is 3.97. The summed E-state index contributed by atoms with van der Waals surface area (Å²) in [4.78, 5) is 24.3. The number of fused-ring (bicyclic) bond motifs is 1. The quantitative estimate of drug-likeness (QED) is 0.583. The molecule has 0 saturated carbocycles. The summed E-state index contributed by atoms with van der Waals surface area (Å²) in [6.07, 6.45) is 3.62. The van der Waals surface area contributed by atoms with Gasteiger partial charge in [0.25, 0.3) is 0 Å². The molecule has 1 aromatic carbocycles. The van der Waals surface area contributed by atoms with Gasteiger partial charge in [0.15, 0.2) is 6.61 Å². The van der Waals surface area contributed by atoms with E-state index in [2.05, 4.69) is 28.1 Å². The van der Waals surface area contributed by atoms with E-state index in [0.29, 0.717) is 4.88 Å². The van der Waals surface area contributed by atoms with Gasteiger partial charge in [-0.2, -0.15) is 0 Å². The lowest BCUT2D eigenvalue weighted by molar-refractivity contribution is -0.141. The Morgan fingerprint density at radius 3 is 2.73 bits per heavy atom. The van der Waals surface area contributed by atoms with Crippen LogP contribution in [0.15, 0.2) is 34.1 Å². The zero-order chi connectivity index (χ0) is 15.5. The number of hydrogen-bond donors (Lipinski definition) is 0. The Labute approximate surface area is 141 Å². The summed E-state index contributed by atoms with van der Waals surface area (Å²) < 4.78 is 5.98. The Morgan fingerprint density at radius 1 is 1.14 bits per heavy atom. The third-order valence-corrected chi connectivity index (χ3v) is 5.39. The molecule has 0 fully saturated rings. The lowest BCUT2D eigenvalue weighted by Gasteiger charge is -2.06. The fraction of sp³-hybridized carbons (Fsp3) is 0.294. The van der Waals surface area contributed by atoms with Gasteiger partial charge in [-0.3, -0.25) is 9.59 Å². The number of benzene rings is 1. The number of rotatable bonds is 5. The van der Waals surface area contributed by atoms with Crippen LogP contribution < -0.4 is 0 Å². The molecule has 0 aliphatic heterocycles. The minimum atomic E-state index is -0.359. The third-order valence-electron chi connectivity index (χ3n) is 3.72. The van der Waals surface area contributed by atoms with Crippen LogP contribution in [0.1, 0.15) is 32.8 Å². The first kappa shape index (κ1) is 15.4. The van der Waals surface area contributed by atoms with Crippen LogP contribution >= 0.6 is 27.3 Å². The van der Waals surface area contributed by atoms with Crippen LogP contribution in [0.3, 0.4) is 0 Å². The molecule has 0 bridgehead atoms. The number of thiophene rings is 1. The second kappa shape index (κ2) is 6.75. The minimum Gasteiger partial charge on any atom is -0.457 e. The Hall–Kier alpha value is -1.46. The van der Waals surface area contributed by atoms with Gasteiger partial charge in [0.05, 0.1) is 15.1 Å². The van der Waals surface area contributed by atoms with Crippen LogP contribution in [0.2, 0.25) is 0 Å². The maximum Gasteiger partial charge on any atom is 0.310 e.